The molecule has 0 fully saturated rings. The molecule has 0 spiro atoms. The molecular weight excluding hydrogens is 413 g/mol. The van der Waals surface area contributed by atoms with Crippen LogP contribution in [0.2, 0.25) is 5.02 Å². The molecule has 3 aromatic heterocycles. The van der Waals surface area contributed by atoms with Crippen molar-refractivity contribution in [1.29, 1.82) is 0 Å². The monoisotopic (exact) mass is 426 g/mol. The van der Waals surface area contributed by atoms with Crippen molar-refractivity contribution in [3.05, 3.63) is 53.6 Å². The van der Waals surface area contributed by atoms with Crippen LogP contribution in [0.3, 0.4) is 0 Å². The predicted octanol–water partition coefficient (Wildman–Crippen LogP) is 3.35. The summed E-state index contributed by atoms with van der Waals surface area (Å²) in [6.45, 7) is 1.69. The van der Waals surface area contributed by atoms with Gasteiger partial charge in [0.1, 0.15) is 12.0 Å². The summed E-state index contributed by atoms with van der Waals surface area (Å²) in [5.41, 5.74) is -1.21. The van der Waals surface area contributed by atoms with E-state index in [0.717, 1.165) is 6.20 Å². The third-order valence-electron chi connectivity index (χ3n) is 3.98. The van der Waals surface area contributed by atoms with Crippen LogP contribution in [0.5, 0.6) is 0 Å². The topological polar surface area (TPSA) is 102 Å². The van der Waals surface area contributed by atoms with Crippen LogP contribution in [0.1, 0.15) is 24.5 Å². The summed E-state index contributed by atoms with van der Waals surface area (Å²) in [5.74, 6) is 0.654. The molecule has 152 valence electrons. The van der Waals surface area contributed by atoms with Gasteiger partial charge in [-0.25, -0.2) is 24.7 Å². The lowest BCUT2D eigenvalue weighted by atomic mass is 10.3. The molecule has 0 aliphatic heterocycles. The van der Waals surface area contributed by atoms with Gasteiger partial charge in [-0.3, -0.25) is 0 Å². The number of aromatic nitrogens is 6. The number of carbonyl (C=O) groups is 1. The molecular formula is C16H14ClF3N8O. The molecule has 0 bridgehead atoms. The number of nitrogens with zero attached hydrogens (tertiary/aromatic N) is 7. The lowest BCUT2D eigenvalue weighted by Gasteiger charge is -2.24. The average Bonchev–Trinajstić information content (AvgIpc) is 3.18. The van der Waals surface area contributed by atoms with Gasteiger partial charge in [0.05, 0.1) is 22.9 Å². The largest absolute Gasteiger partial charge is 0.433 e. The lowest BCUT2D eigenvalue weighted by molar-refractivity contribution is -0.141. The standard InChI is InChI=1S/C16H14ClF3N8O/c1-9(13-24-8-25-28(13)14-21-4-3-5-22-14)27(2)15(29)26-11-7-23-12(6-10(11)17)16(18,19)20/h3-9H,1-2H3,(H,26,29). The average molecular weight is 427 g/mol. The highest BCUT2D eigenvalue weighted by Crippen LogP contribution is 2.32. The fourth-order valence-electron chi connectivity index (χ4n) is 2.32. The summed E-state index contributed by atoms with van der Waals surface area (Å²) >= 11 is 5.85. The quantitative estimate of drug-likeness (QED) is 0.686. The molecule has 0 aromatic carbocycles. The van der Waals surface area contributed by atoms with Crippen LogP contribution < -0.4 is 5.32 Å². The van der Waals surface area contributed by atoms with Gasteiger partial charge in [-0.2, -0.15) is 23.0 Å². The van der Waals surface area contributed by atoms with Crippen molar-refractivity contribution >= 4 is 23.3 Å². The smallest absolute Gasteiger partial charge is 0.318 e. The first kappa shape index (κ1) is 20.5. The van der Waals surface area contributed by atoms with Crippen LogP contribution in [0.15, 0.2) is 37.1 Å². The molecule has 1 atom stereocenters. The van der Waals surface area contributed by atoms with Crippen LogP contribution in [0.4, 0.5) is 23.7 Å². The molecule has 29 heavy (non-hydrogen) atoms. The Bertz CT molecular complexity index is 1010. The first-order chi connectivity index (χ1) is 13.7. The van der Waals surface area contributed by atoms with Gasteiger partial charge < -0.3 is 10.2 Å². The second-order valence-corrected chi connectivity index (χ2v) is 6.25. The van der Waals surface area contributed by atoms with E-state index in [2.05, 4.69) is 30.4 Å². The van der Waals surface area contributed by atoms with E-state index in [-0.39, 0.29) is 16.7 Å². The third-order valence-corrected chi connectivity index (χ3v) is 4.29. The zero-order chi connectivity index (χ0) is 21.2. The number of hydrogen-bond acceptors (Lipinski definition) is 6. The molecule has 0 radical (unpaired) electrons. The number of anilines is 1. The number of urea groups is 1. The summed E-state index contributed by atoms with van der Waals surface area (Å²) in [5, 5.41) is 6.20. The second kappa shape index (κ2) is 7.99. The molecule has 3 heterocycles. The molecule has 13 heteroatoms. The normalized spacial score (nSPS) is 12.5. The molecule has 3 aromatic rings. The Morgan fingerprint density at radius 2 is 1.93 bits per heavy atom. The zero-order valence-electron chi connectivity index (χ0n) is 15.1. The molecule has 0 saturated heterocycles. The van der Waals surface area contributed by atoms with Crippen LogP contribution in [0.25, 0.3) is 5.95 Å². The van der Waals surface area contributed by atoms with Gasteiger partial charge in [0.15, 0.2) is 5.82 Å². The molecule has 9 nitrogen and oxygen atoms in total. The number of amides is 2. The molecule has 1 N–H and O–H groups in total. The Balaban J connectivity index is 1.77. The van der Waals surface area contributed by atoms with E-state index in [0.29, 0.717) is 11.9 Å². The first-order valence-electron chi connectivity index (χ1n) is 8.12. The number of nitrogens with one attached hydrogen (secondary N) is 1. The number of halogens is 4. The van der Waals surface area contributed by atoms with Gasteiger partial charge in [0.25, 0.3) is 5.95 Å². The minimum atomic E-state index is -4.64. The minimum absolute atomic E-state index is 0.0587. The summed E-state index contributed by atoms with van der Waals surface area (Å²) in [7, 11) is 1.48. The van der Waals surface area contributed by atoms with Crippen molar-refractivity contribution in [2.24, 2.45) is 0 Å². The van der Waals surface area contributed by atoms with Crippen LogP contribution in [-0.4, -0.2) is 47.7 Å². The SMILES string of the molecule is CC(c1ncnn1-c1ncccn1)N(C)C(=O)Nc1cnc(C(F)(F)F)cc1Cl. The Morgan fingerprint density at radius 3 is 2.55 bits per heavy atom. The van der Waals surface area contributed by atoms with Gasteiger partial charge in [0, 0.05) is 19.4 Å². The van der Waals surface area contributed by atoms with Crippen molar-refractivity contribution in [2.45, 2.75) is 19.1 Å². The highest BCUT2D eigenvalue weighted by atomic mass is 35.5. The second-order valence-electron chi connectivity index (χ2n) is 5.84. The Labute approximate surface area is 167 Å². The maximum absolute atomic E-state index is 12.7. The van der Waals surface area contributed by atoms with E-state index in [1.165, 1.54) is 35.4 Å². The summed E-state index contributed by atoms with van der Waals surface area (Å²) in [6, 6.07) is 1.07. The fourth-order valence-corrected chi connectivity index (χ4v) is 2.52. The van der Waals surface area contributed by atoms with Crippen molar-refractivity contribution in [3.8, 4) is 5.95 Å². The minimum Gasteiger partial charge on any atom is -0.318 e. The van der Waals surface area contributed by atoms with Crippen LogP contribution in [-0.2, 0) is 6.18 Å². The summed E-state index contributed by atoms with van der Waals surface area (Å²) in [6.07, 6.45) is 0.580. The van der Waals surface area contributed by atoms with Gasteiger partial charge in [-0.1, -0.05) is 11.6 Å². The molecule has 1 unspecified atom stereocenters. The molecule has 2 amide bonds. The van der Waals surface area contributed by atoms with Crippen molar-refractivity contribution < 1.29 is 18.0 Å². The van der Waals surface area contributed by atoms with E-state index in [1.54, 1.807) is 13.0 Å². The summed E-state index contributed by atoms with van der Waals surface area (Å²) < 4.78 is 39.4. The number of carbonyl (C=O) groups excluding carboxylic acids is 1. The van der Waals surface area contributed by atoms with E-state index in [1.807, 2.05) is 0 Å². The van der Waals surface area contributed by atoms with Gasteiger partial charge in [-0.05, 0) is 19.1 Å². The number of rotatable bonds is 4. The third kappa shape index (κ3) is 4.42. The van der Waals surface area contributed by atoms with E-state index in [9.17, 15) is 18.0 Å². The van der Waals surface area contributed by atoms with Crippen LogP contribution >= 0.6 is 11.6 Å². The summed E-state index contributed by atoms with van der Waals surface area (Å²) in [4.78, 5) is 29.4. The molecule has 0 aliphatic carbocycles. The highest BCUT2D eigenvalue weighted by Gasteiger charge is 2.33. The Hall–Kier alpha value is -3.28. The first-order valence-corrected chi connectivity index (χ1v) is 8.50. The number of alkyl halides is 3. The van der Waals surface area contributed by atoms with Gasteiger partial charge >= 0.3 is 12.2 Å². The predicted molar refractivity (Wildman–Crippen MR) is 96.4 cm³/mol. The lowest BCUT2D eigenvalue weighted by Crippen LogP contribution is -2.35. The zero-order valence-corrected chi connectivity index (χ0v) is 15.8. The van der Waals surface area contributed by atoms with E-state index in [4.69, 9.17) is 11.6 Å². The van der Waals surface area contributed by atoms with Crippen molar-refractivity contribution in [3.63, 3.8) is 0 Å². The Kier molecular flexibility index (Phi) is 5.64. The van der Waals surface area contributed by atoms with E-state index < -0.39 is 23.9 Å². The van der Waals surface area contributed by atoms with Gasteiger partial charge in [0.2, 0.25) is 0 Å². The van der Waals surface area contributed by atoms with Crippen LogP contribution in [0, 0.1) is 0 Å². The Morgan fingerprint density at radius 1 is 1.24 bits per heavy atom. The fraction of sp³-hybridized carbons (Fsp3) is 0.250. The molecule has 0 aliphatic rings. The van der Waals surface area contributed by atoms with Gasteiger partial charge in [-0.15, -0.1) is 0 Å². The number of pyridine rings is 1. The molecule has 3 rings (SSSR count). The van der Waals surface area contributed by atoms with Crippen molar-refractivity contribution in [1.82, 2.24) is 34.6 Å². The molecule has 0 saturated carbocycles. The van der Waals surface area contributed by atoms with Crippen molar-refractivity contribution in [2.75, 3.05) is 12.4 Å². The number of hydrogen-bond donors (Lipinski definition) is 1. The maximum atomic E-state index is 12.7. The highest BCUT2D eigenvalue weighted by molar-refractivity contribution is 6.33. The van der Waals surface area contributed by atoms with E-state index >= 15 is 0 Å². The maximum Gasteiger partial charge on any atom is 0.433 e.